The van der Waals surface area contributed by atoms with Crippen molar-refractivity contribution >= 4 is 23.9 Å². The van der Waals surface area contributed by atoms with E-state index in [2.05, 4.69) is 9.99 Å². The van der Waals surface area contributed by atoms with Gasteiger partial charge in [-0.1, -0.05) is 65.8 Å². The fraction of sp³-hybridized carbons (Fsp3) is 0.188. The quantitative estimate of drug-likeness (QED) is 0.116. The van der Waals surface area contributed by atoms with Gasteiger partial charge in [0.05, 0.1) is 12.3 Å². The van der Waals surface area contributed by atoms with Crippen LogP contribution >= 0.6 is 12.4 Å². The largest absolute Gasteiger partial charge is 0.508 e. The first kappa shape index (κ1) is 35.7. The van der Waals surface area contributed by atoms with Crippen LogP contribution in [0.15, 0.2) is 90.1 Å². The summed E-state index contributed by atoms with van der Waals surface area (Å²) in [6, 6.07) is 23.0. The normalized spacial score (nSPS) is 10.3. The zero-order chi connectivity index (χ0) is 30.4. The second-order valence-electron chi connectivity index (χ2n) is 9.00. The van der Waals surface area contributed by atoms with Crippen LogP contribution in [-0.4, -0.2) is 21.7 Å². The van der Waals surface area contributed by atoms with Crippen LogP contribution in [0.1, 0.15) is 52.0 Å². The standard InChI is InChI=1S/C16H16FNO2.C9H10O2.C7H8FNO.ClH/c1-11-7-8-13(9-16(11)19)12(2)18-20-10-14-5-3-4-6-15(14)17;1-6-3-4-8(7(2)10)5-9(6)11;8-7-4-2-1-3-6(7)5-10-9;/h3-9,19H,10H2,1-2H3;3-5,11H,1-2H3;1-4H,5,9H2;1H/b18-12+;;;. The number of hydrogen-bond donors (Lipinski definition) is 3. The van der Waals surface area contributed by atoms with E-state index in [0.717, 1.165) is 16.7 Å². The van der Waals surface area contributed by atoms with Crippen molar-refractivity contribution in [2.24, 2.45) is 11.1 Å². The van der Waals surface area contributed by atoms with Crippen LogP contribution in [0.4, 0.5) is 8.78 Å². The third-order valence-corrected chi connectivity index (χ3v) is 5.82. The highest BCUT2D eigenvalue weighted by Gasteiger charge is 2.04. The highest BCUT2D eigenvalue weighted by atomic mass is 35.5. The molecule has 7 nitrogen and oxygen atoms in total. The summed E-state index contributed by atoms with van der Waals surface area (Å²) in [5, 5.41) is 22.8. The number of ketones is 1. The first-order valence-electron chi connectivity index (χ1n) is 12.6. The van der Waals surface area contributed by atoms with E-state index in [-0.39, 0.29) is 54.5 Å². The van der Waals surface area contributed by atoms with E-state index in [1.807, 2.05) is 13.0 Å². The highest BCUT2D eigenvalue weighted by molar-refractivity contribution is 5.98. The number of carbonyl (C=O) groups is 1. The van der Waals surface area contributed by atoms with E-state index < -0.39 is 0 Å². The molecule has 0 saturated heterocycles. The third kappa shape index (κ3) is 11.7. The van der Waals surface area contributed by atoms with Crippen molar-refractivity contribution in [3.05, 3.63) is 130 Å². The monoisotopic (exact) mass is 600 g/mol. The molecule has 0 atom stereocenters. The highest BCUT2D eigenvalue weighted by Crippen LogP contribution is 2.19. The van der Waals surface area contributed by atoms with E-state index >= 15 is 0 Å². The van der Waals surface area contributed by atoms with E-state index in [4.69, 9.17) is 10.7 Å². The van der Waals surface area contributed by atoms with E-state index in [9.17, 15) is 23.8 Å². The number of benzene rings is 4. The Balaban J connectivity index is 0.000000341. The molecule has 0 bridgehead atoms. The Bertz CT molecular complexity index is 1480. The molecule has 4 rings (SSSR count). The zero-order valence-corrected chi connectivity index (χ0v) is 24.6. The fourth-order valence-corrected chi connectivity index (χ4v) is 3.23. The maximum absolute atomic E-state index is 13.4. The summed E-state index contributed by atoms with van der Waals surface area (Å²) < 4.78 is 26.0. The molecule has 4 N–H and O–H groups in total. The smallest absolute Gasteiger partial charge is 0.159 e. The molecular formula is C32H35ClF2N2O5. The van der Waals surface area contributed by atoms with Gasteiger partial charge in [-0.15, -0.1) is 12.4 Å². The molecule has 0 heterocycles. The summed E-state index contributed by atoms with van der Waals surface area (Å²) in [6.07, 6.45) is 0. The number of rotatable bonds is 7. The Kier molecular flexibility index (Phi) is 15.5. The number of phenolic OH excluding ortho intramolecular Hbond substituents is 2. The van der Waals surface area contributed by atoms with Gasteiger partial charge in [-0.2, -0.15) is 0 Å². The molecular weight excluding hydrogens is 566 g/mol. The first-order chi connectivity index (χ1) is 19.5. The Morgan fingerprint density at radius 2 is 1.21 bits per heavy atom. The van der Waals surface area contributed by atoms with Crippen molar-refractivity contribution in [1.29, 1.82) is 0 Å². The van der Waals surface area contributed by atoms with Gasteiger partial charge in [0, 0.05) is 22.3 Å². The summed E-state index contributed by atoms with van der Waals surface area (Å²) in [6.45, 7) is 7.05. The Labute approximate surface area is 250 Å². The average Bonchev–Trinajstić information content (AvgIpc) is 2.95. The van der Waals surface area contributed by atoms with Crippen molar-refractivity contribution in [3.63, 3.8) is 0 Å². The molecule has 0 spiro atoms. The molecule has 10 heteroatoms. The number of hydrogen-bond acceptors (Lipinski definition) is 7. The SMILES string of the molecule is C/C(=N\OCc1ccccc1F)c1ccc(C)c(O)c1.CC(=O)c1ccc(C)c(O)c1.Cl.NOCc1ccccc1F. The van der Waals surface area contributed by atoms with Gasteiger partial charge in [0.2, 0.25) is 0 Å². The van der Waals surface area contributed by atoms with Gasteiger partial charge in [-0.25, -0.2) is 14.7 Å². The molecule has 0 aliphatic carbocycles. The van der Waals surface area contributed by atoms with Gasteiger partial charge < -0.3 is 15.1 Å². The molecule has 0 saturated carbocycles. The number of phenols is 2. The molecule has 224 valence electrons. The molecule has 0 unspecified atom stereocenters. The lowest BCUT2D eigenvalue weighted by Gasteiger charge is -2.05. The predicted molar refractivity (Wildman–Crippen MR) is 162 cm³/mol. The van der Waals surface area contributed by atoms with Gasteiger partial charge in [0.15, 0.2) is 5.78 Å². The zero-order valence-electron chi connectivity index (χ0n) is 23.8. The third-order valence-electron chi connectivity index (χ3n) is 5.82. The Morgan fingerprint density at radius 1 is 0.762 bits per heavy atom. The van der Waals surface area contributed by atoms with Gasteiger partial charge in [0.25, 0.3) is 0 Å². The lowest BCUT2D eigenvalue weighted by atomic mass is 10.1. The fourth-order valence-electron chi connectivity index (χ4n) is 3.23. The molecule has 0 aliphatic rings. The molecule has 0 aromatic heterocycles. The number of nitrogens with zero attached hydrogens (tertiary/aromatic N) is 1. The number of Topliss-reactive ketones (excluding diaryl/α,β-unsaturated/α-hetero) is 1. The topological polar surface area (TPSA) is 114 Å². The second-order valence-corrected chi connectivity index (χ2v) is 9.00. The first-order valence-corrected chi connectivity index (χ1v) is 12.6. The summed E-state index contributed by atoms with van der Waals surface area (Å²) in [4.78, 5) is 20.2. The predicted octanol–water partition coefficient (Wildman–Crippen LogP) is 7.32. The lowest BCUT2D eigenvalue weighted by molar-refractivity contribution is 0.101. The van der Waals surface area contributed by atoms with Crippen molar-refractivity contribution in [1.82, 2.24) is 0 Å². The minimum atomic E-state index is -0.312. The van der Waals surface area contributed by atoms with Crippen LogP contribution < -0.4 is 5.90 Å². The molecule has 0 fully saturated rings. The van der Waals surface area contributed by atoms with E-state index in [0.29, 0.717) is 22.4 Å². The molecule has 4 aromatic rings. The van der Waals surface area contributed by atoms with Crippen LogP contribution in [0, 0.1) is 25.5 Å². The van der Waals surface area contributed by atoms with E-state index in [1.54, 1.807) is 74.5 Å². The molecule has 4 aromatic carbocycles. The molecule has 0 aliphatic heterocycles. The van der Waals surface area contributed by atoms with Gasteiger partial charge >= 0.3 is 0 Å². The number of carbonyl (C=O) groups excluding carboxylic acids is 1. The number of oxime groups is 1. The summed E-state index contributed by atoms with van der Waals surface area (Å²) >= 11 is 0. The number of halogens is 3. The van der Waals surface area contributed by atoms with Gasteiger partial charge in [-0.3, -0.25) is 9.63 Å². The average molecular weight is 601 g/mol. The molecule has 42 heavy (non-hydrogen) atoms. The summed E-state index contributed by atoms with van der Waals surface area (Å²) in [7, 11) is 0. The maximum Gasteiger partial charge on any atom is 0.159 e. The van der Waals surface area contributed by atoms with Crippen LogP contribution in [0.2, 0.25) is 0 Å². The van der Waals surface area contributed by atoms with Crippen LogP contribution in [0.5, 0.6) is 11.5 Å². The van der Waals surface area contributed by atoms with Crippen molar-refractivity contribution in [2.45, 2.75) is 40.9 Å². The summed E-state index contributed by atoms with van der Waals surface area (Å²) in [5.41, 5.74) is 4.45. The second kappa shape index (κ2) is 18.2. The lowest BCUT2D eigenvalue weighted by Crippen LogP contribution is -2.00. The van der Waals surface area contributed by atoms with Crippen molar-refractivity contribution in [3.8, 4) is 11.5 Å². The summed E-state index contributed by atoms with van der Waals surface area (Å²) in [5.74, 6) is 4.53. The van der Waals surface area contributed by atoms with E-state index in [1.165, 1.54) is 25.1 Å². The number of aromatic hydroxyl groups is 2. The molecule has 0 radical (unpaired) electrons. The van der Waals surface area contributed by atoms with Crippen molar-refractivity contribution in [2.75, 3.05) is 0 Å². The number of aryl methyl sites for hydroxylation is 2. The maximum atomic E-state index is 13.4. The van der Waals surface area contributed by atoms with Gasteiger partial charge in [-0.05, 0) is 63.1 Å². The number of nitrogens with two attached hydrogens (primary N) is 1. The molecule has 0 amide bonds. The Morgan fingerprint density at radius 3 is 1.67 bits per heavy atom. The Hall–Kier alpha value is -4.31. The van der Waals surface area contributed by atoms with Gasteiger partial charge in [0.1, 0.15) is 29.7 Å². The van der Waals surface area contributed by atoms with Crippen molar-refractivity contribution < 1.29 is 33.5 Å². The van der Waals surface area contributed by atoms with Crippen LogP contribution in [0.3, 0.4) is 0 Å². The minimum absolute atomic E-state index is 0. The minimum Gasteiger partial charge on any atom is -0.508 e. The van der Waals surface area contributed by atoms with Crippen LogP contribution in [-0.2, 0) is 22.9 Å². The van der Waals surface area contributed by atoms with Crippen LogP contribution in [0.25, 0.3) is 0 Å².